The zero-order valence-corrected chi connectivity index (χ0v) is 9.84. The molecule has 84 valence electrons. The first kappa shape index (κ1) is 10.5. The van der Waals surface area contributed by atoms with E-state index in [9.17, 15) is 0 Å². The predicted octanol–water partition coefficient (Wildman–Crippen LogP) is 2.51. The average molecular weight is 207 g/mol. The monoisotopic (exact) mass is 207 g/mol. The normalized spacial score (nSPS) is 15.6. The van der Waals surface area contributed by atoms with E-state index in [0.717, 1.165) is 13.0 Å². The van der Waals surface area contributed by atoms with E-state index < -0.39 is 0 Å². The molecular formula is C12H21N3. The number of nitrogens with zero attached hydrogens (tertiary/aromatic N) is 2. The largest absolute Gasteiger partial charge is 0.370 e. The zero-order valence-electron chi connectivity index (χ0n) is 9.84. The smallest absolute Gasteiger partial charge is 0.127 e. The van der Waals surface area contributed by atoms with Gasteiger partial charge in [-0.05, 0) is 32.1 Å². The Morgan fingerprint density at radius 1 is 1.40 bits per heavy atom. The second-order valence-corrected chi connectivity index (χ2v) is 4.38. The first-order valence-corrected chi connectivity index (χ1v) is 6.11. The highest BCUT2D eigenvalue weighted by molar-refractivity contribution is 5.48. The van der Waals surface area contributed by atoms with Gasteiger partial charge >= 0.3 is 0 Å². The fourth-order valence-corrected chi connectivity index (χ4v) is 2.29. The van der Waals surface area contributed by atoms with Crippen molar-refractivity contribution in [1.82, 2.24) is 9.78 Å². The van der Waals surface area contributed by atoms with E-state index in [1.807, 2.05) is 11.7 Å². The van der Waals surface area contributed by atoms with Crippen LogP contribution in [0.4, 0.5) is 5.82 Å². The van der Waals surface area contributed by atoms with Crippen molar-refractivity contribution in [3.8, 4) is 0 Å². The van der Waals surface area contributed by atoms with Gasteiger partial charge < -0.3 is 5.32 Å². The van der Waals surface area contributed by atoms with E-state index >= 15 is 0 Å². The summed E-state index contributed by atoms with van der Waals surface area (Å²) in [5.74, 6) is 1.26. The van der Waals surface area contributed by atoms with Crippen LogP contribution in [0.3, 0.4) is 0 Å². The van der Waals surface area contributed by atoms with Crippen molar-refractivity contribution >= 4 is 5.82 Å². The highest BCUT2D eigenvalue weighted by Crippen LogP contribution is 2.25. The minimum atomic E-state index is 1.10. The number of anilines is 1. The molecule has 3 nitrogen and oxygen atoms in total. The van der Waals surface area contributed by atoms with Crippen LogP contribution in [0.2, 0.25) is 0 Å². The standard InChI is InChI=1S/C12H21N3/c1-3-4-8-11-10-7-5-6-9-13-12(10)15(2)14-11/h13H,3-9H2,1-2H3. The maximum Gasteiger partial charge on any atom is 0.127 e. The van der Waals surface area contributed by atoms with Crippen LogP contribution in [0.15, 0.2) is 0 Å². The predicted molar refractivity (Wildman–Crippen MR) is 63.2 cm³/mol. The Kier molecular flexibility index (Phi) is 3.29. The van der Waals surface area contributed by atoms with E-state index in [0.29, 0.717) is 0 Å². The molecule has 0 atom stereocenters. The molecule has 0 spiro atoms. The van der Waals surface area contributed by atoms with Gasteiger partial charge in [0.25, 0.3) is 0 Å². The summed E-state index contributed by atoms with van der Waals surface area (Å²) in [5, 5.41) is 8.12. The quantitative estimate of drug-likeness (QED) is 0.825. The molecule has 0 radical (unpaired) electrons. The molecule has 1 N–H and O–H groups in total. The molecule has 2 rings (SSSR count). The SMILES string of the molecule is CCCCc1nn(C)c2c1CCCCN2. The molecule has 0 unspecified atom stereocenters. The third-order valence-corrected chi connectivity index (χ3v) is 3.14. The summed E-state index contributed by atoms with van der Waals surface area (Å²) < 4.78 is 2.02. The van der Waals surface area contributed by atoms with E-state index in [4.69, 9.17) is 0 Å². The molecule has 0 aromatic carbocycles. The lowest BCUT2D eigenvalue weighted by atomic mass is 10.1. The van der Waals surface area contributed by atoms with Gasteiger partial charge in [-0.2, -0.15) is 5.10 Å². The van der Waals surface area contributed by atoms with Crippen molar-refractivity contribution in [3.05, 3.63) is 11.3 Å². The van der Waals surface area contributed by atoms with Gasteiger partial charge in [0.05, 0.1) is 5.69 Å². The van der Waals surface area contributed by atoms with E-state index in [-0.39, 0.29) is 0 Å². The van der Waals surface area contributed by atoms with Gasteiger partial charge in [0.15, 0.2) is 0 Å². The lowest BCUT2D eigenvalue weighted by molar-refractivity contribution is 0.701. The van der Waals surface area contributed by atoms with Crippen molar-refractivity contribution in [1.29, 1.82) is 0 Å². The zero-order chi connectivity index (χ0) is 10.7. The van der Waals surface area contributed by atoms with Crippen LogP contribution in [0.1, 0.15) is 43.9 Å². The summed E-state index contributed by atoms with van der Waals surface area (Å²) >= 11 is 0. The van der Waals surface area contributed by atoms with Crippen molar-refractivity contribution in [2.75, 3.05) is 11.9 Å². The van der Waals surface area contributed by atoms with Crippen molar-refractivity contribution < 1.29 is 0 Å². The lowest BCUT2D eigenvalue weighted by Crippen LogP contribution is -2.04. The van der Waals surface area contributed by atoms with Gasteiger partial charge in [-0.3, -0.25) is 4.68 Å². The molecular weight excluding hydrogens is 186 g/mol. The molecule has 2 heterocycles. The van der Waals surface area contributed by atoms with Crippen LogP contribution >= 0.6 is 0 Å². The van der Waals surface area contributed by atoms with Crippen LogP contribution in [0.5, 0.6) is 0 Å². The molecule has 1 aliphatic heterocycles. The Balaban J connectivity index is 2.23. The lowest BCUT2D eigenvalue weighted by Gasteiger charge is -2.03. The molecule has 3 heteroatoms. The molecule has 0 aliphatic carbocycles. The molecule has 0 amide bonds. The second kappa shape index (κ2) is 4.69. The Labute approximate surface area is 91.9 Å². The first-order chi connectivity index (χ1) is 7.33. The van der Waals surface area contributed by atoms with Gasteiger partial charge in [-0.1, -0.05) is 13.3 Å². The van der Waals surface area contributed by atoms with E-state index in [2.05, 4.69) is 17.3 Å². The van der Waals surface area contributed by atoms with Crippen LogP contribution in [-0.2, 0) is 19.9 Å². The average Bonchev–Trinajstić information content (AvgIpc) is 2.45. The summed E-state index contributed by atoms with van der Waals surface area (Å²) in [6.07, 6.45) is 7.42. The molecule has 1 aromatic rings. The maximum atomic E-state index is 4.63. The molecule has 1 aliphatic rings. The van der Waals surface area contributed by atoms with Gasteiger partial charge in [-0.25, -0.2) is 0 Å². The summed E-state index contributed by atoms with van der Waals surface area (Å²) in [5.41, 5.74) is 2.80. The third-order valence-electron chi connectivity index (χ3n) is 3.14. The molecule has 0 bridgehead atoms. The summed E-state index contributed by atoms with van der Waals surface area (Å²) in [6, 6.07) is 0. The number of rotatable bonds is 3. The number of hydrogen-bond acceptors (Lipinski definition) is 2. The third kappa shape index (κ3) is 2.16. The van der Waals surface area contributed by atoms with Crippen LogP contribution in [0.25, 0.3) is 0 Å². The summed E-state index contributed by atoms with van der Waals surface area (Å²) in [4.78, 5) is 0. The highest BCUT2D eigenvalue weighted by Gasteiger charge is 2.16. The number of hydrogen-bond donors (Lipinski definition) is 1. The Bertz CT molecular complexity index is 328. The minimum Gasteiger partial charge on any atom is -0.370 e. The fraction of sp³-hybridized carbons (Fsp3) is 0.750. The number of unbranched alkanes of at least 4 members (excludes halogenated alkanes) is 1. The van der Waals surface area contributed by atoms with Gasteiger partial charge in [-0.15, -0.1) is 0 Å². The number of aromatic nitrogens is 2. The van der Waals surface area contributed by atoms with Crippen LogP contribution < -0.4 is 5.32 Å². The Morgan fingerprint density at radius 2 is 2.27 bits per heavy atom. The summed E-state index contributed by atoms with van der Waals surface area (Å²) in [6.45, 7) is 3.33. The fourth-order valence-electron chi connectivity index (χ4n) is 2.29. The molecule has 1 aromatic heterocycles. The second-order valence-electron chi connectivity index (χ2n) is 4.38. The number of aryl methyl sites for hydroxylation is 2. The van der Waals surface area contributed by atoms with Gasteiger partial charge in [0.1, 0.15) is 5.82 Å². The Hall–Kier alpha value is -0.990. The van der Waals surface area contributed by atoms with Crippen molar-refractivity contribution in [2.24, 2.45) is 7.05 Å². The first-order valence-electron chi connectivity index (χ1n) is 6.11. The van der Waals surface area contributed by atoms with Crippen LogP contribution in [0, 0.1) is 0 Å². The van der Waals surface area contributed by atoms with Crippen LogP contribution in [-0.4, -0.2) is 16.3 Å². The molecule has 0 saturated heterocycles. The van der Waals surface area contributed by atoms with Gasteiger partial charge in [0.2, 0.25) is 0 Å². The molecule has 0 fully saturated rings. The Morgan fingerprint density at radius 3 is 3.07 bits per heavy atom. The van der Waals surface area contributed by atoms with Crippen molar-refractivity contribution in [3.63, 3.8) is 0 Å². The van der Waals surface area contributed by atoms with E-state index in [1.54, 1.807) is 0 Å². The minimum absolute atomic E-state index is 1.10. The van der Waals surface area contributed by atoms with Crippen molar-refractivity contribution in [2.45, 2.75) is 45.4 Å². The van der Waals surface area contributed by atoms with E-state index in [1.165, 1.54) is 49.2 Å². The topological polar surface area (TPSA) is 29.9 Å². The summed E-state index contributed by atoms with van der Waals surface area (Å²) in [7, 11) is 2.05. The highest BCUT2D eigenvalue weighted by atomic mass is 15.3. The maximum absolute atomic E-state index is 4.63. The molecule has 15 heavy (non-hydrogen) atoms. The number of fused-ring (bicyclic) bond motifs is 1. The molecule has 0 saturated carbocycles. The van der Waals surface area contributed by atoms with Gasteiger partial charge in [0, 0.05) is 19.2 Å². The number of nitrogens with one attached hydrogen (secondary N) is 1.